The molecule has 8 heavy (non-hydrogen) atoms. The highest BCUT2D eigenvalue weighted by Crippen LogP contribution is 1.80. The maximum absolute atomic E-state index is 10.0. The number of Topliss-reactive ketones (excluding diaryl/α,β-unsaturated/α-hetero) is 2. The smallest absolute Gasteiger partial charge is 0.137 e. The summed E-state index contributed by atoms with van der Waals surface area (Å²) in [5, 5.41) is 0. The van der Waals surface area contributed by atoms with Gasteiger partial charge in [-0.2, -0.15) is 0 Å². The van der Waals surface area contributed by atoms with E-state index in [1.807, 2.05) is 0 Å². The second kappa shape index (κ2) is 5.02. The Hall–Kier alpha value is -0.128. The Morgan fingerprint density at radius 1 is 1.12 bits per heavy atom. The van der Waals surface area contributed by atoms with Crippen LogP contribution in [0.2, 0.25) is 0 Å². The number of ketones is 2. The van der Waals surface area contributed by atoms with Crippen LogP contribution in [0.25, 0.3) is 0 Å². The average Bonchev–Trinajstić information content (AvgIpc) is 1.27. The minimum Gasteiger partial charge on any atom is -0.300 e. The van der Waals surface area contributed by atoms with Crippen LogP contribution in [0.1, 0.15) is 20.3 Å². The standard InChI is InChI=1S/C5H8O2.Al/c1-4(6)3-5(2)7;/h3H2,1-2H3;. The Bertz CT molecular complexity index is 86.6. The zero-order valence-corrected chi connectivity index (χ0v) is 6.26. The predicted octanol–water partition coefficient (Wildman–Crippen LogP) is 0.174. The fourth-order valence-electron chi connectivity index (χ4n) is 0.351. The first kappa shape index (κ1) is 10.8. The molecular weight excluding hydrogens is 119 g/mol. The third kappa shape index (κ3) is 9.30. The van der Waals surface area contributed by atoms with Gasteiger partial charge >= 0.3 is 0 Å². The molecule has 0 rings (SSSR count). The van der Waals surface area contributed by atoms with Crippen molar-refractivity contribution in [3.05, 3.63) is 0 Å². The van der Waals surface area contributed by atoms with Crippen molar-refractivity contribution in [1.29, 1.82) is 0 Å². The monoisotopic (exact) mass is 127 g/mol. The Balaban J connectivity index is 0. The van der Waals surface area contributed by atoms with E-state index in [1.54, 1.807) is 0 Å². The summed E-state index contributed by atoms with van der Waals surface area (Å²) in [7, 11) is 0. The van der Waals surface area contributed by atoms with Crippen LogP contribution in [0.3, 0.4) is 0 Å². The lowest BCUT2D eigenvalue weighted by molar-refractivity contribution is -0.124. The number of carbonyl (C=O) groups excluding carboxylic acids is 2. The van der Waals surface area contributed by atoms with Gasteiger partial charge in [0.15, 0.2) is 0 Å². The average molecular weight is 127 g/mol. The number of hydrogen-bond donors (Lipinski definition) is 0. The van der Waals surface area contributed by atoms with Gasteiger partial charge in [-0.1, -0.05) is 0 Å². The number of rotatable bonds is 2. The van der Waals surface area contributed by atoms with Gasteiger partial charge in [0.05, 0.1) is 6.42 Å². The quantitative estimate of drug-likeness (QED) is 0.391. The van der Waals surface area contributed by atoms with Crippen molar-refractivity contribution in [1.82, 2.24) is 0 Å². The lowest BCUT2D eigenvalue weighted by Gasteiger charge is -1.81. The molecule has 0 saturated heterocycles. The highest BCUT2D eigenvalue weighted by molar-refractivity contribution is 5.96. The van der Waals surface area contributed by atoms with Crippen LogP contribution in [-0.2, 0) is 9.59 Å². The van der Waals surface area contributed by atoms with E-state index in [-0.39, 0.29) is 35.3 Å². The van der Waals surface area contributed by atoms with Crippen molar-refractivity contribution in [3.8, 4) is 0 Å². The highest BCUT2D eigenvalue weighted by Gasteiger charge is 1.94. The van der Waals surface area contributed by atoms with Crippen molar-refractivity contribution >= 4 is 28.9 Å². The summed E-state index contributed by atoms with van der Waals surface area (Å²) < 4.78 is 0. The molecule has 0 aromatic heterocycles. The minimum absolute atomic E-state index is 0. The molecular formula is C5H8AlO2. The molecule has 0 spiro atoms. The summed E-state index contributed by atoms with van der Waals surface area (Å²) in [6, 6.07) is 0. The third-order valence-corrected chi connectivity index (χ3v) is 0.498. The maximum atomic E-state index is 10.0. The van der Waals surface area contributed by atoms with Crippen LogP contribution < -0.4 is 0 Å². The summed E-state index contributed by atoms with van der Waals surface area (Å²) >= 11 is 0. The van der Waals surface area contributed by atoms with E-state index in [1.165, 1.54) is 13.8 Å². The number of hydrogen-bond acceptors (Lipinski definition) is 2. The molecule has 0 aliphatic heterocycles. The molecule has 0 bridgehead atoms. The van der Waals surface area contributed by atoms with Gasteiger partial charge in [0.25, 0.3) is 0 Å². The van der Waals surface area contributed by atoms with E-state index >= 15 is 0 Å². The van der Waals surface area contributed by atoms with E-state index in [9.17, 15) is 9.59 Å². The molecule has 0 amide bonds. The maximum Gasteiger partial charge on any atom is 0.137 e. The van der Waals surface area contributed by atoms with Crippen molar-refractivity contribution in [2.75, 3.05) is 0 Å². The van der Waals surface area contributed by atoms with E-state index in [0.29, 0.717) is 0 Å². The van der Waals surface area contributed by atoms with Crippen LogP contribution >= 0.6 is 0 Å². The molecule has 0 fully saturated rings. The lowest BCUT2D eigenvalue weighted by atomic mass is 10.2. The first-order chi connectivity index (χ1) is 3.13. The molecule has 0 aliphatic rings. The predicted molar refractivity (Wildman–Crippen MR) is 31.7 cm³/mol. The van der Waals surface area contributed by atoms with E-state index in [4.69, 9.17) is 0 Å². The van der Waals surface area contributed by atoms with Gasteiger partial charge in [-0.05, 0) is 13.8 Å². The third-order valence-electron chi connectivity index (χ3n) is 0.498. The molecule has 2 nitrogen and oxygen atoms in total. The van der Waals surface area contributed by atoms with Gasteiger partial charge in [-0.25, -0.2) is 0 Å². The van der Waals surface area contributed by atoms with Crippen molar-refractivity contribution < 1.29 is 9.59 Å². The van der Waals surface area contributed by atoms with Crippen LogP contribution in [0.4, 0.5) is 0 Å². The largest absolute Gasteiger partial charge is 0.300 e. The van der Waals surface area contributed by atoms with E-state index in [2.05, 4.69) is 0 Å². The van der Waals surface area contributed by atoms with Gasteiger partial charge in [-0.15, -0.1) is 0 Å². The minimum atomic E-state index is -0.0625. The lowest BCUT2D eigenvalue weighted by Crippen LogP contribution is -1.97. The van der Waals surface area contributed by atoms with Crippen molar-refractivity contribution in [3.63, 3.8) is 0 Å². The molecule has 0 aromatic carbocycles. The molecule has 0 aliphatic carbocycles. The summed E-state index contributed by atoms with van der Waals surface area (Å²) in [5.74, 6) is -0.125. The van der Waals surface area contributed by atoms with Gasteiger partial charge in [0.2, 0.25) is 0 Å². The zero-order valence-electron chi connectivity index (χ0n) is 5.10. The molecule has 3 radical (unpaired) electrons. The van der Waals surface area contributed by atoms with Crippen LogP contribution in [0, 0.1) is 0 Å². The summed E-state index contributed by atoms with van der Waals surface area (Å²) in [5.41, 5.74) is 0. The summed E-state index contributed by atoms with van der Waals surface area (Å²) in [6.07, 6.45) is 0.0833. The van der Waals surface area contributed by atoms with Crippen LogP contribution in [0.5, 0.6) is 0 Å². The Morgan fingerprint density at radius 2 is 1.38 bits per heavy atom. The first-order valence-electron chi connectivity index (χ1n) is 2.12. The Kier molecular flexibility index (Phi) is 6.76. The second-order valence-corrected chi connectivity index (χ2v) is 1.58. The Morgan fingerprint density at radius 3 is 1.38 bits per heavy atom. The summed E-state index contributed by atoms with van der Waals surface area (Å²) in [4.78, 5) is 20.1. The van der Waals surface area contributed by atoms with Crippen molar-refractivity contribution in [2.24, 2.45) is 0 Å². The van der Waals surface area contributed by atoms with Crippen LogP contribution in [0.15, 0.2) is 0 Å². The normalized spacial score (nSPS) is 7.25. The fourth-order valence-corrected chi connectivity index (χ4v) is 0.351. The molecule has 0 aromatic rings. The molecule has 0 saturated carbocycles. The topological polar surface area (TPSA) is 34.1 Å². The van der Waals surface area contributed by atoms with Crippen molar-refractivity contribution in [2.45, 2.75) is 20.3 Å². The molecule has 3 heteroatoms. The molecule has 0 heterocycles. The summed E-state index contributed by atoms with van der Waals surface area (Å²) in [6.45, 7) is 2.81. The molecule has 0 atom stereocenters. The highest BCUT2D eigenvalue weighted by atomic mass is 27.0. The number of carbonyl (C=O) groups is 2. The van der Waals surface area contributed by atoms with Gasteiger partial charge in [-0.3, -0.25) is 9.59 Å². The first-order valence-corrected chi connectivity index (χ1v) is 2.12. The van der Waals surface area contributed by atoms with Gasteiger partial charge in [0.1, 0.15) is 11.6 Å². The Labute approximate surface area is 59.4 Å². The van der Waals surface area contributed by atoms with E-state index in [0.717, 1.165) is 0 Å². The van der Waals surface area contributed by atoms with Crippen LogP contribution in [-0.4, -0.2) is 28.9 Å². The van der Waals surface area contributed by atoms with E-state index < -0.39 is 0 Å². The molecule has 43 valence electrons. The zero-order chi connectivity index (χ0) is 5.86. The SMILES string of the molecule is CC(=O)CC(C)=O.[Al]. The van der Waals surface area contributed by atoms with Gasteiger partial charge in [0, 0.05) is 17.4 Å². The molecule has 0 N–H and O–H groups in total. The molecule has 0 unspecified atom stereocenters. The second-order valence-electron chi connectivity index (χ2n) is 1.58. The van der Waals surface area contributed by atoms with Gasteiger partial charge < -0.3 is 0 Å². The fraction of sp³-hybridized carbons (Fsp3) is 0.600.